The summed E-state index contributed by atoms with van der Waals surface area (Å²) in [6.07, 6.45) is 0. The Hall–Kier alpha value is -3.32. The Balaban J connectivity index is 2.36. The van der Waals surface area contributed by atoms with Gasteiger partial charge in [0.25, 0.3) is 0 Å². The Morgan fingerprint density at radius 2 is 1.28 bits per heavy atom. The zero-order valence-electron chi connectivity index (χ0n) is 15.9. The second-order valence-electron chi connectivity index (χ2n) is 6.22. The van der Waals surface area contributed by atoms with Crippen LogP contribution in [0.4, 0.5) is 0 Å². The lowest BCUT2D eigenvalue weighted by Crippen LogP contribution is -2.18. The van der Waals surface area contributed by atoms with Crippen LogP contribution in [0.3, 0.4) is 0 Å². The number of primary amides is 2. The van der Waals surface area contributed by atoms with Crippen LogP contribution in [0.5, 0.6) is 11.5 Å². The summed E-state index contributed by atoms with van der Waals surface area (Å²) in [5, 5.41) is 0. The number of amides is 2. The molecule has 4 N–H and O–H groups in total. The molecule has 0 unspecified atom stereocenters. The maximum Gasteiger partial charge on any atom is 0.250 e. The van der Waals surface area contributed by atoms with Crippen molar-refractivity contribution in [2.45, 2.75) is 0 Å². The van der Waals surface area contributed by atoms with Crippen molar-refractivity contribution >= 4 is 27.7 Å². The second-order valence-corrected chi connectivity index (χ2v) is 7.01. The van der Waals surface area contributed by atoms with Gasteiger partial charge in [0.05, 0.1) is 25.3 Å². The minimum absolute atomic E-state index is 0.242. The first kappa shape index (κ1) is 20.4. The standard InChI is InChI=1S/C22H19BrN2O4/c1-28-14-7-3-12(4-8-14)16-11-17(21(24)26)20(23)18(19(16)22(25)27)13-5-9-15(29-2)10-6-13/h3-11H,1-2H3,(H2,24,26)(H2,25,27). The monoisotopic (exact) mass is 454 g/mol. The number of halogens is 1. The molecule has 0 aromatic heterocycles. The maximum absolute atomic E-state index is 12.5. The third kappa shape index (κ3) is 3.95. The van der Waals surface area contributed by atoms with Gasteiger partial charge in [-0.25, -0.2) is 0 Å². The van der Waals surface area contributed by atoms with Crippen molar-refractivity contribution in [1.82, 2.24) is 0 Å². The van der Waals surface area contributed by atoms with Crippen molar-refractivity contribution in [3.05, 3.63) is 70.2 Å². The summed E-state index contributed by atoms with van der Waals surface area (Å²) in [6, 6.07) is 15.8. The summed E-state index contributed by atoms with van der Waals surface area (Å²) in [5.74, 6) is 0.0692. The zero-order chi connectivity index (χ0) is 21.1. The quantitative estimate of drug-likeness (QED) is 0.586. The molecule has 3 aromatic rings. The van der Waals surface area contributed by atoms with Crippen molar-refractivity contribution in [1.29, 1.82) is 0 Å². The Morgan fingerprint density at radius 1 is 0.793 bits per heavy atom. The highest BCUT2D eigenvalue weighted by Gasteiger charge is 2.24. The summed E-state index contributed by atoms with van der Waals surface area (Å²) >= 11 is 3.44. The van der Waals surface area contributed by atoms with Gasteiger partial charge in [0, 0.05) is 10.0 Å². The molecule has 148 valence electrons. The van der Waals surface area contributed by atoms with E-state index in [0.717, 1.165) is 0 Å². The van der Waals surface area contributed by atoms with Gasteiger partial charge >= 0.3 is 0 Å². The number of hydrogen-bond acceptors (Lipinski definition) is 4. The molecule has 0 bridgehead atoms. The Labute approximate surface area is 176 Å². The van der Waals surface area contributed by atoms with E-state index in [0.29, 0.717) is 38.2 Å². The molecule has 7 heteroatoms. The fourth-order valence-corrected chi connectivity index (χ4v) is 3.86. The minimum atomic E-state index is -0.627. The third-order valence-electron chi connectivity index (χ3n) is 4.56. The van der Waals surface area contributed by atoms with Gasteiger partial charge in [-0.15, -0.1) is 0 Å². The number of nitrogens with two attached hydrogens (primary N) is 2. The smallest absolute Gasteiger partial charge is 0.250 e. The second kappa shape index (κ2) is 8.36. The molecule has 0 aliphatic carbocycles. The van der Waals surface area contributed by atoms with Crippen LogP contribution in [0.2, 0.25) is 0 Å². The first-order valence-corrected chi connectivity index (χ1v) is 9.41. The molecular formula is C22H19BrN2O4. The molecule has 2 amide bonds. The van der Waals surface area contributed by atoms with Crippen molar-refractivity contribution in [3.8, 4) is 33.8 Å². The molecule has 0 heterocycles. The van der Waals surface area contributed by atoms with Gasteiger partial charge in [-0.3, -0.25) is 9.59 Å². The normalized spacial score (nSPS) is 10.4. The predicted octanol–water partition coefficient (Wildman–Crippen LogP) is 4.00. The lowest BCUT2D eigenvalue weighted by molar-refractivity contribution is 0.0988. The summed E-state index contributed by atoms with van der Waals surface area (Å²) in [5.41, 5.74) is 14.3. The van der Waals surface area contributed by atoms with Crippen LogP contribution in [0, 0.1) is 0 Å². The minimum Gasteiger partial charge on any atom is -0.497 e. The van der Waals surface area contributed by atoms with Crippen LogP contribution in [0.1, 0.15) is 20.7 Å². The van der Waals surface area contributed by atoms with Crippen molar-refractivity contribution < 1.29 is 19.1 Å². The van der Waals surface area contributed by atoms with Crippen LogP contribution >= 0.6 is 15.9 Å². The van der Waals surface area contributed by atoms with E-state index < -0.39 is 11.8 Å². The van der Waals surface area contributed by atoms with E-state index in [9.17, 15) is 9.59 Å². The molecule has 0 aliphatic rings. The number of hydrogen-bond donors (Lipinski definition) is 2. The Bertz CT molecular complexity index is 1080. The largest absolute Gasteiger partial charge is 0.497 e. The van der Waals surface area contributed by atoms with Gasteiger partial charge < -0.3 is 20.9 Å². The van der Waals surface area contributed by atoms with E-state index in [2.05, 4.69) is 15.9 Å². The molecule has 0 saturated carbocycles. The van der Waals surface area contributed by atoms with E-state index in [4.69, 9.17) is 20.9 Å². The molecule has 0 aliphatic heterocycles. The summed E-state index contributed by atoms with van der Waals surface area (Å²) in [7, 11) is 3.13. The molecule has 0 fully saturated rings. The highest BCUT2D eigenvalue weighted by Crippen LogP contribution is 2.41. The molecule has 3 rings (SSSR count). The fraction of sp³-hybridized carbons (Fsp3) is 0.0909. The first-order valence-electron chi connectivity index (χ1n) is 8.62. The predicted molar refractivity (Wildman–Crippen MR) is 115 cm³/mol. The number of benzene rings is 3. The van der Waals surface area contributed by atoms with Crippen molar-refractivity contribution in [2.24, 2.45) is 11.5 Å². The Morgan fingerprint density at radius 3 is 1.69 bits per heavy atom. The SMILES string of the molecule is COc1ccc(-c2cc(C(N)=O)c(Br)c(-c3ccc(OC)cc3)c2C(N)=O)cc1. The van der Waals surface area contributed by atoms with Crippen LogP contribution < -0.4 is 20.9 Å². The average molecular weight is 455 g/mol. The molecular weight excluding hydrogens is 436 g/mol. The van der Waals surface area contributed by atoms with Gasteiger partial charge in [-0.2, -0.15) is 0 Å². The first-order chi connectivity index (χ1) is 13.9. The van der Waals surface area contributed by atoms with E-state index in [-0.39, 0.29) is 11.1 Å². The van der Waals surface area contributed by atoms with E-state index >= 15 is 0 Å². The number of ether oxygens (including phenoxy) is 2. The van der Waals surface area contributed by atoms with Crippen molar-refractivity contribution in [2.75, 3.05) is 14.2 Å². The number of rotatable bonds is 6. The third-order valence-corrected chi connectivity index (χ3v) is 5.38. The molecule has 29 heavy (non-hydrogen) atoms. The lowest BCUT2D eigenvalue weighted by atomic mass is 9.89. The van der Waals surface area contributed by atoms with Gasteiger partial charge in [0.2, 0.25) is 11.8 Å². The topological polar surface area (TPSA) is 105 Å². The molecule has 6 nitrogen and oxygen atoms in total. The van der Waals surface area contributed by atoms with E-state index in [1.54, 1.807) is 68.8 Å². The van der Waals surface area contributed by atoms with Gasteiger partial charge in [0.15, 0.2) is 0 Å². The van der Waals surface area contributed by atoms with Gasteiger partial charge in [0.1, 0.15) is 11.5 Å². The van der Waals surface area contributed by atoms with Gasteiger partial charge in [-0.1, -0.05) is 24.3 Å². The number of carbonyl (C=O) groups excluding carboxylic acids is 2. The van der Waals surface area contributed by atoms with Gasteiger partial charge in [-0.05, 0) is 63.0 Å². The molecule has 0 atom stereocenters. The highest BCUT2D eigenvalue weighted by atomic mass is 79.9. The lowest BCUT2D eigenvalue weighted by Gasteiger charge is -2.18. The van der Waals surface area contributed by atoms with Crippen molar-refractivity contribution in [3.63, 3.8) is 0 Å². The van der Waals surface area contributed by atoms with Crippen LogP contribution in [0.25, 0.3) is 22.3 Å². The summed E-state index contributed by atoms with van der Waals surface area (Å²) in [4.78, 5) is 24.6. The molecule has 3 aromatic carbocycles. The van der Waals surface area contributed by atoms with E-state index in [1.807, 2.05) is 0 Å². The maximum atomic E-state index is 12.5. The van der Waals surface area contributed by atoms with E-state index in [1.165, 1.54) is 0 Å². The average Bonchev–Trinajstić information content (AvgIpc) is 2.73. The molecule has 0 spiro atoms. The summed E-state index contributed by atoms with van der Waals surface area (Å²) < 4.78 is 10.8. The summed E-state index contributed by atoms with van der Waals surface area (Å²) in [6.45, 7) is 0. The van der Waals surface area contributed by atoms with Crippen LogP contribution in [0.15, 0.2) is 59.1 Å². The number of methoxy groups -OCH3 is 2. The number of carbonyl (C=O) groups is 2. The highest BCUT2D eigenvalue weighted by molar-refractivity contribution is 9.10. The van der Waals surface area contributed by atoms with Crippen LogP contribution in [-0.4, -0.2) is 26.0 Å². The molecule has 0 radical (unpaired) electrons. The fourth-order valence-electron chi connectivity index (χ4n) is 3.12. The Kier molecular flexibility index (Phi) is 5.89. The molecule has 0 saturated heterocycles. The van der Waals surface area contributed by atoms with Crippen LogP contribution in [-0.2, 0) is 0 Å². The zero-order valence-corrected chi connectivity index (χ0v) is 17.4.